The predicted octanol–water partition coefficient (Wildman–Crippen LogP) is -0.180. The van der Waals surface area contributed by atoms with Crippen LogP contribution >= 0.6 is 0 Å². The number of amides is 4. The topological polar surface area (TPSA) is 182 Å². The first-order valence-corrected chi connectivity index (χ1v) is 12.6. The van der Waals surface area contributed by atoms with Gasteiger partial charge in [0, 0.05) is 19.4 Å². The summed E-state index contributed by atoms with van der Waals surface area (Å²) in [6, 6.07) is 3.87. The van der Waals surface area contributed by atoms with Gasteiger partial charge in [0.15, 0.2) is 0 Å². The summed E-state index contributed by atoms with van der Waals surface area (Å²) in [7, 11) is -3.90. The van der Waals surface area contributed by atoms with Crippen molar-refractivity contribution in [3.05, 3.63) is 29.8 Å². The maximum atomic E-state index is 12.5. The van der Waals surface area contributed by atoms with Gasteiger partial charge in [0.1, 0.15) is 17.0 Å². The van der Waals surface area contributed by atoms with Crippen molar-refractivity contribution in [2.45, 2.75) is 62.9 Å². The molecule has 2 rings (SSSR count). The highest BCUT2D eigenvalue weighted by Gasteiger charge is 2.40. The zero-order valence-corrected chi connectivity index (χ0v) is 20.4. The highest BCUT2D eigenvalue weighted by molar-refractivity contribution is 7.90. The number of rotatable bonds is 13. The number of nitrogens with two attached hydrogens (primary N) is 1. The van der Waals surface area contributed by atoms with Crippen molar-refractivity contribution in [2.75, 3.05) is 13.2 Å². The Bertz CT molecular complexity index is 1090. The molecule has 13 heteroatoms. The van der Waals surface area contributed by atoms with Crippen LogP contribution < -0.4 is 16.4 Å². The molecule has 0 saturated carbocycles. The van der Waals surface area contributed by atoms with Crippen LogP contribution in [0, 0.1) is 0 Å². The molecule has 1 aromatic carbocycles. The van der Waals surface area contributed by atoms with E-state index in [4.69, 9.17) is 10.5 Å². The van der Waals surface area contributed by atoms with Crippen LogP contribution in [-0.2, 0) is 33.9 Å². The minimum Gasteiger partial charge on any atom is -0.466 e. The first-order valence-electron chi connectivity index (χ1n) is 11.2. The van der Waals surface area contributed by atoms with Crippen LogP contribution in [0.15, 0.2) is 29.2 Å². The average Bonchev–Trinajstić information content (AvgIpc) is 2.99. The molecule has 35 heavy (non-hydrogen) atoms. The monoisotopic (exact) mass is 510 g/mol. The first kappa shape index (κ1) is 27.8. The molecule has 0 fully saturated rings. The molecule has 0 spiro atoms. The SMILES string of the molecule is CCOC(=O)CC[C@@H](NC(=O)[C@H](C)NC(=O)CCCCN1C(=O)c2ccccc2S1(=O)=O)C(N)=O. The van der Waals surface area contributed by atoms with E-state index in [9.17, 15) is 32.4 Å². The van der Waals surface area contributed by atoms with E-state index >= 15 is 0 Å². The van der Waals surface area contributed by atoms with Gasteiger partial charge in [0.25, 0.3) is 15.9 Å². The summed E-state index contributed by atoms with van der Waals surface area (Å²) < 4.78 is 30.6. The van der Waals surface area contributed by atoms with Gasteiger partial charge in [-0.05, 0) is 45.2 Å². The third kappa shape index (κ3) is 7.25. The van der Waals surface area contributed by atoms with E-state index in [0.717, 1.165) is 4.31 Å². The Morgan fingerprint density at radius 1 is 1.09 bits per heavy atom. The van der Waals surface area contributed by atoms with E-state index < -0.39 is 51.7 Å². The smallest absolute Gasteiger partial charge is 0.305 e. The summed E-state index contributed by atoms with van der Waals surface area (Å²) >= 11 is 0. The largest absolute Gasteiger partial charge is 0.466 e. The molecule has 0 saturated heterocycles. The zero-order chi connectivity index (χ0) is 26.2. The molecule has 4 amide bonds. The lowest BCUT2D eigenvalue weighted by atomic mass is 10.1. The van der Waals surface area contributed by atoms with Crippen LogP contribution in [0.5, 0.6) is 0 Å². The molecule has 1 aliphatic rings. The number of nitrogens with one attached hydrogen (secondary N) is 2. The molecular weight excluding hydrogens is 480 g/mol. The summed E-state index contributed by atoms with van der Waals surface area (Å²) in [5.74, 6) is -3.06. The van der Waals surface area contributed by atoms with Gasteiger partial charge in [0.2, 0.25) is 17.7 Å². The minimum atomic E-state index is -3.90. The lowest BCUT2D eigenvalue weighted by molar-refractivity contribution is -0.143. The highest BCUT2D eigenvalue weighted by atomic mass is 32.2. The number of sulfonamides is 1. The molecular formula is C22H30N4O8S. The van der Waals surface area contributed by atoms with Crippen LogP contribution in [0.1, 0.15) is 56.3 Å². The number of primary amides is 1. The van der Waals surface area contributed by atoms with E-state index in [0.29, 0.717) is 0 Å². The lowest BCUT2D eigenvalue weighted by Crippen LogP contribution is -2.52. The summed E-state index contributed by atoms with van der Waals surface area (Å²) in [6.07, 6.45) is 0.379. The third-order valence-electron chi connectivity index (χ3n) is 5.30. The van der Waals surface area contributed by atoms with Gasteiger partial charge in [-0.25, -0.2) is 12.7 Å². The Labute approximate surface area is 203 Å². The van der Waals surface area contributed by atoms with Crippen molar-refractivity contribution in [2.24, 2.45) is 5.73 Å². The summed E-state index contributed by atoms with van der Waals surface area (Å²) in [5.41, 5.74) is 5.40. The minimum absolute atomic E-state index is 0.00521. The first-order chi connectivity index (χ1) is 16.5. The van der Waals surface area contributed by atoms with Crippen molar-refractivity contribution in [3.63, 3.8) is 0 Å². The van der Waals surface area contributed by atoms with Gasteiger partial charge in [-0.15, -0.1) is 0 Å². The molecule has 4 N–H and O–H groups in total. The zero-order valence-electron chi connectivity index (χ0n) is 19.6. The van der Waals surface area contributed by atoms with Crippen LogP contribution in [0.25, 0.3) is 0 Å². The number of carbonyl (C=O) groups excluding carboxylic acids is 5. The Morgan fingerprint density at radius 3 is 2.40 bits per heavy atom. The van der Waals surface area contributed by atoms with Crippen molar-refractivity contribution >= 4 is 39.6 Å². The fraction of sp³-hybridized carbons (Fsp3) is 0.500. The van der Waals surface area contributed by atoms with Gasteiger partial charge in [-0.1, -0.05) is 12.1 Å². The van der Waals surface area contributed by atoms with Gasteiger partial charge in [-0.3, -0.25) is 24.0 Å². The number of esters is 1. The van der Waals surface area contributed by atoms with Crippen molar-refractivity contribution in [1.82, 2.24) is 14.9 Å². The Morgan fingerprint density at radius 2 is 1.77 bits per heavy atom. The van der Waals surface area contributed by atoms with Gasteiger partial charge in [0.05, 0.1) is 12.2 Å². The maximum absolute atomic E-state index is 12.5. The van der Waals surface area contributed by atoms with Gasteiger partial charge in [-0.2, -0.15) is 0 Å². The Balaban J connectivity index is 1.76. The molecule has 1 aliphatic heterocycles. The van der Waals surface area contributed by atoms with Crippen molar-refractivity contribution in [1.29, 1.82) is 0 Å². The quantitative estimate of drug-likeness (QED) is 0.241. The molecule has 192 valence electrons. The van der Waals surface area contributed by atoms with E-state index in [2.05, 4.69) is 10.6 Å². The number of hydrogen-bond acceptors (Lipinski definition) is 8. The molecule has 0 aliphatic carbocycles. The second-order valence-corrected chi connectivity index (χ2v) is 9.76. The summed E-state index contributed by atoms with van der Waals surface area (Å²) in [6.45, 7) is 3.18. The lowest BCUT2D eigenvalue weighted by Gasteiger charge is -2.19. The summed E-state index contributed by atoms with van der Waals surface area (Å²) in [5, 5.41) is 4.88. The number of hydrogen-bond donors (Lipinski definition) is 3. The number of benzene rings is 1. The second-order valence-electron chi connectivity index (χ2n) is 7.93. The fourth-order valence-electron chi connectivity index (χ4n) is 3.45. The number of ether oxygens (including phenoxy) is 1. The average molecular weight is 511 g/mol. The van der Waals surface area contributed by atoms with Crippen LogP contribution in [0.4, 0.5) is 0 Å². The molecule has 0 bridgehead atoms. The molecule has 0 unspecified atom stereocenters. The molecule has 2 atom stereocenters. The number of nitrogens with zero attached hydrogens (tertiary/aromatic N) is 1. The Kier molecular flexibility index (Phi) is 9.75. The molecule has 1 aromatic rings. The van der Waals surface area contributed by atoms with E-state index in [1.807, 2.05) is 0 Å². The van der Waals surface area contributed by atoms with Crippen LogP contribution in [-0.4, -0.2) is 67.6 Å². The van der Waals surface area contributed by atoms with E-state index in [1.165, 1.54) is 19.1 Å². The number of fused-ring (bicyclic) bond motifs is 1. The van der Waals surface area contributed by atoms with E-state index in [1.54, 1.807) is 19.1 Å². The van der Waals surface area contributed by atoms with E-state index in [-0.39, 0.29) is 55.7 Å². The molecule has 1 heterocycles. The number of unbranched alkanes of at least 4 members (excludes halogenated alkanes) is 1. The normalized spacial score (nSPS) is 15.6. The fourth-order valence-corrected chi connectivity index (χ4v) is 5.06. The Hall–Kier alpha value is -3.48. The summed E-state index contributed by atoms with van der Waals surface area (Å²) in [4.78, 5) is 59.9. The van der Waals surface area contributed by atoms with Crippen LogP contribution in [0.3, 0.4) is 0 Å². The third-order valence-corrected chi connectivity index (χ3v) is 7.14. The predicted molar refractivity (Wildman–Crippen MR) is 123 cm³/mol. The van der Waals surface area contributed by atoms with Crippen molar-refractivity contribution in [3.8, 4) is 0 Å². The molecule has 0 radical (unpaired) electrons. The molecule has 0 aromatic heterocycles. The van der Waals surface area contributed by atoms with Crippen molar-refractivity contribution < 1.29 is 37.1 Å². The molecule has 12 nitrogen and oxygen atoms in total. The van der Waals surface area contributed by atoms with Gasteiger partial charge >= 0.3 is 5.97 Å². The standard InChI is InChI=1S/C22H30N4O8S/c1-3-34-19(28)12-11-16(20(23)29)25-21(30)14(2)24-18(27)10-6-7-13-26-22(31)15-8-4-5-9-17(15)35(26,32)33/h4-5,8-9,14,16H,3,6-7,10-13H2,1-2H3,(H2,23,29)(H,24,27)(H,25,30)/t14-,16+/m0/s1. The number of carbonyl (C=O) groups is 5. The highest BCUT2D eigenvalue weighted by Crippen LogP contribution is 2.30. The maximum Gasteiger partial charge on any atom is 0.305 e. The second kappa shape index (κ2) is 12.3. The van der Waals surface area contributed by atoms with Crippen LogP contribution in [0.2, 0.25) is 0 Å². The van der Waals surface area contributed by atoms with Gasteiger partial charge < -0.3 is 21.1 Å².